The Kier molecular flexibility index (Phi) is 9.67. The molecule has 0 spiro atoms. The maximum atomic E-state index is 13.9. The molecule has 0 radical (unpaired) electrons. The van der Waals surface area contributed by atoms with Gasteiger partial charge in [0.05, 0.1) is 27.8 Å². The Morgan fingerprint density at radius 3 is 2.37 bits per heavy atom. The number of carbonyl (C=O) groups is 2. The number of ether oxygens (including phenoxy) is 1. The molecule has 0 bridgehead atoms. The lowest BCUT2D eigenvalue weighted by molar-refractivity contribution is -0.111. The van der Waals surface area contributed by atoms with Crippen LogP contribution in [0.3, 0.4) is 0 Å². The molecular weight excluding hydrogens is 625 g/mol. The van der Waals surface area contributed by atoms with E-state index in [9.17, 15) is 28.1 Å². The normalized spacial score (nSPS) is 14.8. The first-order chi connectivity index (χ1) is 22.0. The van der Waals surface area contributed by atoms with Gasteiger partial charge in [0.1, 0.15) is 10.7 Å². The first-order valence-electron chi connectivity index (χ1n) is 14.6. The van der Waals surface area contributed by atoms with Crippen LogP contribution >= 0.6 is 11.3 Å². The van der Waals surface area contributed by atoms with Gasteiger partial charge in [-0.1, -0.05) is 42.3 Å². The first kappa shape index (κ1) is 32.6. The molecule has 0 saturated carbocycles. The van der Waals surface area contributed by atoms with Crippen LogP contribution in [0.15, 0.2) is 76.4 Å². The van der Waals surface area contributed by atoms with Crippen molar-refractivity contribution in [1.82, 2.24) is 8.87 Å². The largest absolute Gasteiger partial charge is 0.465 e. The number of piperidine rings is 1. The van der Waals surface area contributed by atoms with Gasteiger partial charge in [-0.15, -0.1) is 11.3 Å². The number of nitrogens with zero attached hydrogens (tertiary/aromatic N) is 3. The van der Waals surface area contributed by atoms with Crippen molar-refractivity contribution >= 4 is 50.6 Å². The summed E-state index contributed by atoms with van der Waals surface area (Å²) in [6, 6.07) is 19.9. The highest BCUT2D eigenvalue weighted by molar-refractivity contribution is 7.89. The van der Waals surface area contributed by atoms with E-state index in [0.29, 0.717) is 29.9 Å². The molecule has 0 atom stereocenters. The van der Waals surface area contributed by atoms with Crippen LogP contribution in [0.25, 0.3) is 17.3 Å². The number of anilines is 1. The van der Waals surface area contributed by atoms with E-state index in [0.717, 1.165) is 41.7 Å². The molecule has 1 aromatic heterocycles. The summed E-state index contributed by atoms with van der Waals surface area (Å²) in [6.07, 6.45) is 4.18. The van der Waals surface area contributed by atoms with E-state index in [2.05, 4.69) is 5.32 Å². The van der Waals surface area contributed by atoms with Crippen molar-refractivity contribution in [3.63, 3.8) is 0 Å². The fourth-order valence-corrected chi connectivity index (χ4v) is 7.95. The number of aryl methyl sites for hydroxylation is 2. The van der Waals surface area contributed by atoms with Crippen molar-refractivity contribution in [1.29, 1.82) is 5.26 Å². The number of sulfonamides is 1. The Labute approximate surface area is 270 Å². The van der Waals surface area contributed by atoms with Gasteiger partial charge in [0, 0.05) is 18.8 Å². The monoisotopic (exact) mass is 656 g/mol. The minimum Gasteiger partial charge on any atom is -0.465 e. The third kappa shape index (κ3) is 6.72. The topological polar surface area (TPSA) is 139 Å². The molecule has 1 amide bonds. The fraction of sp³-hybridized carbons (Fsp3) is 0.235. The van der Waals surface area contributed by atoms with E-state index < -0.39 is 27.5 Å². The zero-order valence-electron chi connectivity index (χ0n) is 25.6. The first-order valence-corrected chi connectivity index (χ1v) is 16.8. The summed E-state index contributed by atoms with van der Waals surface area (Å²) >= 11 is 0.982. The van der Waals surface area contributed by atoms with Gasteiger partial charge in [0.15, 0.2) is 5.57 Å². The Bertz CT molecular complexity index is 2150. The van der Waals surface area contributed by atoms with Crippen LogP contribution in [0.2, 0.25) is 0 Å². The second-order valence-corrected chi connectivity index (χ2v) is 13.9. The number of methoxy groups -OCH3 is 1. The lowest BCUT2D eigenvalue weighted by atomic mass is 10.1. The van der Waals surface area contributed by atoms with Gasteiger partial charge >= 0.3 is 5.97 Å². The number of esters is 1. The second-order valence-electron chi connectivity index (χ2n) is 10.9. The molecule has 5 rings (SSSR count). The Morgan fingerprint density at radius 1 is 1.00 bits per heavy atom. The number of thiazole rings is 1. The van der Waals surface area contributed by atoms with Crippen molar-refractivity contribution < 1.29 is 22.7 Å². The van der Waals surface area contributed by atoms with Crippen LogP contribution in [0.1, 0.15) is 46.3 Å². The average Bonchev–Trinajstić information content (AvgIpc) is 3.36. The van der Waals surface area contributed by atoms with Crippen LogP contribution < -0.4 is 20.1 Å². The van der Waals surface area contributed by atoms with E-state index in [1.54, 1.807) is 42.5 Å². The zero-order chi connectivity index (χ0) is 33.0. The third-order valence-electron chi connectivity index (χ3n) is 7.64. The predicted molar refractivity (Wildman–Crippen MR) is 177 cm³/mol. The summed E-state index contributed by atoms with van der Waals surface area (Å²) in [5, 5.41) is 12.9. The van der Waals surface area contributed by atoms with E-state index in [4.69, 9.17) is 4.74 Å². The summed E-state index contributed by atoms with van der Waals surface area (Å²) < 4.78 is 34.4. The highest BCUT2D eigenvalue weighted by Gasteiger charge is 2.26. The predicted octanol–water partition coefficient (Wildman–Crippen LogP) is 3.62. The van der Waals surface area contributed by atoms with Crippen molar-refractivity contribution in [3.8, 4) is 11.8 Å². The molecule has 46 heavy (non-hydrogen) atoms. The standard InChI is InChI=1S/C34H32N4O6S2/c1-22-10-15-29(23(2)18-22)38-32(40)30(19-24-11-13-25(14-12-24)34(41)44-3)45-33(38)28(21-35)31(39)36-26-8-7-9-27(20-26)46(42,43)37-16-5-4-6-17-37/h7-15,18-20H,4-6,16-17H2,1-3H3,(H,36,39)/b30-19+,33-28+. The van der Waals surface area contributed by atoms with Crippen LogP contribution in [0.4, 0.5) is 5.69 Å². The van der Waals surface area contributed by atoms with Gasteiger partial charge in [0.2, 0.25) is 10.0 Å². The molecule has 236 valence electrons. The van der Waals surface area contributed by atoms with Gasteiger partial charge in [-0.3, -0.25) is 14.2 Å². The number of nitriles is 1. The van der Waals surface area contributed by atoms with Gasteiger partial charge < -0.3 is 10.1 Å². The Morgan fingerprint density at radius 2 is 1.72 bits per heavy atom. The maximum absolute atomic E-state index is 13.9. The molecule has 0 unspecified atom stereocenters. The number of hydrogen-bond acceptors (Lipinski definition) is 8. The van der Waals surface area contributed by atoms with Crippen molar-refractivity contribution in [3.05, 3.63) is 109 Å². The molecule has 1 aliphatic rings. The fourth-order valence-electron chi connectivity index (χ4n) is 5.29. The Hall–Kier alpha value is -4.83. The third-order valence-corrected chi connectivity index (χ3v) is 10.6. The molecule has 12 heteroatoms. The minimum atomic E-state index is -3.75. The SMILES string of the molecule is COC(=O)c1ccc(/C=c2/s/c(=C(\C#N)C(=O)Nc3cccc(S(=O)(=O)N4CCCCC4)c3)n(-c3ccc(C)cc3C)c2=O)cc1. The molecule has 1 aliphatic heterocycles. The van der Waals surface area contributed by atoms with E-state index >= 15 is 0 Å². The summed E-state index contributed by atoms with van der Waals surface area (Å²) in [6.45, 7) is 4.64. The van der Waals surface area contributed by atoms with Gasteiger partial charge in [0.25, 0.3) is 11.5 Å². The zero-order valence-corrected chi connectivity index (χ0v) is 27.2. The van der Waals surface area contributed by atoms with Crippen molar-refractivity contribution in [2.24, 2.45) is 0 Å². The summed E-state index contributed by atoms with van der Waals surface area (Å²) in [5.41, 5.74) is 2.69. The number of nitrogens with one attached hydrogen (secondary N) is 1. The van der Waals surface area contributed by atoms with Gasteiger partial charge in [-0.25, -0.2) is 13.2 Å². The molecule has 0 aliphatic carbocycles. The van der Waals surface area contributed by atoms with Crippen molar-refractivity contribution in [2.75, 3.05) is 25.5 Å². The summed E-state index contributed by atoms with van der Waals surface area (Å²) in [4.78, 5) is 39.4. The number of benzene rings is 3. The van der Waals surface area contributed by atoms with Crippen LogP contribution in [-0.4, -0.2) is 49.4 Å². The van der Waals surface area contributed by atoms with Gasteiger partial charge in [-0.2, -0.15) is 9.57 Å². The number of rotatable bonds is 7. The molecule has 2 heterocycles. The molecule has 1 fully saturated rings. The molecule has 10 nitrogen and oxygen atoms in total. The second kappa shape index (κ2) is 13.7. The number of hydrogen-bond donors (Lipinski definition) is 1. The van der Waals surface area contributed by atoms with E-state index in [1.807, 2.05) is 32.0 Å². The Balaban J connectivity index is 1.61. The number of aromatic nitrogens is 1. The molecule has 4 aromatic rings. The minimum absolute atomic E-state index is 0.0455. The lowest BCUT2D eigenvalue weighted by Crippen LogP contribution is -2.35. The highest BCUT2D eigenvalue weighted by Crippen LogP contribution is 2.23. The lowest BCUT2D eigenvalue weighted by Gasteiger charge is -2.26. The number of amides is 1. The van der Waals surface area contributed by atoms with Crippen LogP contribution in [-0.2, 0) is 19.6 Å². The maximum Gasteiger partial charge on any atom is 0.337 e. The summed E-state index contributed by atoms with van der Waals surface area (Å²) in [7, 11) is -2.46. The molecule has 1 saturated heterocycles. The van der Waals surface area contributed by atoms with E-state index in [1.165, 1.54) is 34.2 Å². The van der Waals surface area contributed by atoms with Crippen molar-refractivity contribution in [2.45, 2.75) is 38.0 Å². The smallest absolute Gasteiger partial charge is 0.337 e. The number of carbonyl (C=O) groups excluding carboxylic acids is 2. The average molecular weight is 657 g/mol. The molecule has 3 aromatic carbocycles. The van der Waals surface area contributed by atoms with Crippen LogP contribution in [0, 0.1) is 25.2 Å². The van der Waals surface area contributed by atoms with Gasteiger partial charge in [-0.05, 0) is 80.3 Å². The van der Waals surface area contributed by atoms with Crippen LogP contribution in [0.5, 0.6) is 0 Å². The molecule has 1 N–H and O–H groups in total. The quantitative estimate of drug-likeness (QED) is 0.300. The summed E-state index contributed by atoms with van der Waals surface area (Å²) in [5.74, 6) is -1.28. The highest BCUT2D eigenvalue weighted by atomic mass is 32.2. The van der Waals surface area contributed by atoms with E-state index in [-0.39, 0.29) is 25.4 Å². The molecular formula is C34H32N4O6S2.